The van der Waals surface area contributed by atoms with Crippen molar-refractivity contribution in [1.29, 1.82) is 0 Å². The van der Waals surface area contributed by atoms with Crippen molar-refractivity contribution in [3.05, 3.63) is 72.2 Å². The van der Waals surface area contributed by atoms with Crippen LogP contribution in [-0.2, 0) is 0 Å². The lowest BCUT2D eigenvalue weighted by molar-refractivity contribution is 0.0660. The predicted octanol–water partition coefficient (Wildman–Crippen LogP) is 3.05. The van der Waals surface area contributed by atoms with E-state index in [1.54, 1.807) is 30.5 Å². The Kier molecular flexibility index (Phi) is 3.78. The van der Waals surface area contributed by atoms with Gasteiger partial charge in [0.2, 0.25) is 0 Å². The number of oxazole rings is 1. The Hall–Kier alpha value is -3.41. The monoisotopic (exact) mass is 333 g/mol. The number of amides is 2. The van der Waals surface area contributed by atoms with E-state index >= 15 is 0 Å². The minimum Gasteiger partial charge on any atom is -0.444 e. The quantitative estimate of drug-likeness (QED) is 0.726. The molecular formula is C19H15N3O3. The van der Waals surface area contributed by atoms with E-state index in [1.807, 2.05) is 24.3 Å². The molecule has 1 aliphatic rings. The molecule has 3 aromatic rings. The minimum atomic E-state index is -0.238. The van der Waals surface area contributed by atoms with E-state index in [9.17, 15) is 9.59 Å². The van der Waals surface area contributed by atoms with Crippen molar-refractivity contribution in [2.75, 3.05) is 18.4 Å². The van der Waals surface area contributed by atoms with Gasteiger partial charge >= 0.3 is 0 Å². The maximum absolute atomic E-state index is 12.3. The highest BCUT2D eigenvalue weighted by Crippen LogP contribution is 2.23. The predicted molar refractivity (Wildman–Crippen MR) is 92.2 cm³/mol. The second-order valence-electron chi connectivity index (χ2n) is 5.68. The summed E-state index contributed by atoms with van der Waals surface area (Å²) >= 11 is 0. The van der Waals surface area contributed by atoms with Crippen LogP contribution in [-0.4, -0.2) is 34.8 Å². The second kappa shape index (κ2) is 6.24. The molecule has 0 bridgehead atoms. The van der Waals surface area contributed by atoms with Gasteiger partial charge in [-0.3, -0.25) is 14.5 Å². The molecule has 0 atom stereocenters. The molecule has 4 rings (SSSR count). The van der Waals surface area contributed by atoms with Crippen molar-refractivity contribution in [3.8, 4) is 11.3 Å². The third kappa shape index (κ3) is 2.78. The van der Waals surface area contributed by atoms with Crippen LogP contribution in [0.5, 0.6) is 0 Å². The number of hydrogen-bond acceptors (Lipinski definition) is 5. The van der Waals surface area contributed by atoms with Crippen molar-refractivity contribution in [1.82, 2.24) is 9.88 Å². The van der Waals surface area contributed by atoms with Crippen LogP contribution < -0.4 is 5.32 Å². The van der Waals surface area contributed by atoms with Crippen LogP contribution in [0.1, 0.15) is 20.7 Å². The summed E-state index contributed by atoms with van der Waals surface area (Å²) in [4.78, 5) is 29.8. The van der Waals surface area contributed by atoms with Crippen molar-refractivity contribution < 1.29 is 14.0 Å². The molecule has 25 heavy (non-hydrogen) atoms. The van der Waals surface area contributed by atoms with Crippen LogP contribution in [0.15, 0.2) is 65.5 Å². The number of imide groups is 1. The lowest BCUT2D eigenvalue weighted by Crippen LogP contribution is -2.34. The van der Waals surface area contributed by atoms with Gasteiger partial charge in [-0.15, -0.1) is 0 Å². The molecule has 1 aliphatic heterocycles. The van der Waals surface area contributed by atoms with Gasteiger partial charge in [0.1, 0.15) is 0 Å². The molecule has 0 unspecified atom stereocenters. The van der Waals surface area contributed by atoms with E-state index in [0.29, 0.717) is 30.0 Å². The van der Waals surface area contributed by atoms with Gasteiger partial charge in [-0.25, -0.2) is 4.98 Å². The number of nitrogens with one attached hydrogen (secondary N) is 1. The molecule has 0 saturated heterocycles. The Labute approximate surface area is 144 Å². The Morgan fingerprint density at radius 1 is 1.00 bits per heavy atom. The summed E-state index contributed by atoms with van der Waals surface area (Å²) in [7, 11) is 0. The average Bonchev–Trinajstić information content (AvgIpc) is 3.26. The third-order valence-corrected chi connectivity index (χ3v) is 4.12. The first kappa shape index (κ1) is 15.1. The van der Waals surface area contributed by atoms with Gasteiger partial charge in [-0.05, 0) is 24.3 Å². The summed E-state index contributed by atoms with van der Waals surface area (Å²) in [5, 5.41) is 3.23. The van der Waals surface area contributed by atoms with Gasteiger partial charge in [-0.2, -0.15) is 0 Å². The standard InChI is InChI=1S/C19H15N3O3/c23-18-15-6-1-2-7-16(15)19(24)22(18)9-8-21-14-5-3-4-13(10-14)17-11-20-12-25-17/h1-7,10-12,21H,8-9H2. The second-order valence-corrected chi connectivity index (χ2v) is 5.68. The third-order valence-electron chi connectivity index (χ3n) is 4.12. The zero-order valence-electron chi connectivity index (χ0n) is 13.3. The molecule has 0 radical (unpaired) electrons. The Balaban J connectivity index is 1.41. The van der Waals surface area contributed by atoms with Crippen LogP contribution in [0, 0.1) is 0 Å². The number of carbonyl (C=O) groups excluding carboxylic acids is 2. The molecule has 2 aromatic carbocycles. The molecular weight excluding hydrogens is 318 g/mol. The summed E-state index contributed by atoms with van der Waals surface area (Å²) in [6.07, 6.45) is 3.04. The molecule has 2 heterocycles. The topological polar surface area (TPSA) is 75.4 Å². The molecule has 0 fully saturated rings. The van der Waals surface area contributed by atoms with E-state index in [0.717, 1.165) is 11.3 Å². The van der Waals surface area contributed by atoms with Gasteiger partial charge in [0.15, 0.2) is 12.2 Å². The minimum absolute atomic E-state index is 0.238. The number of anilines is 1. The first-order valence-corrected chi connectivity index (χ1v) is 7.92. The number of nitrogens with zero attached hydrogens (tertiary/aromatic N) is 2. The van der Waals surface area contributed by atoms with Gasteiger partial charge < -0.3 is 9.73 Å². The van der Waals surface area contributed by atoms with E-state index < -0.39 is 0 Å². The van der Waals surface area contributed by atoms with E-state index in [2.05, 4.69) is 10.3 Å². The van der Waals surface area contributed by atoms with Crippen LogP contribution in [0.4, 0.5) is 5.69 Å². The zero-order chi connectivity index (χ0) is 17.2. The molecule has 6 nitrogen and oxygen atoms in total. The number of rotatable bonds is 5. The molecule has 2 amide bonds. The van der Waals surface area contributed by atoms with Crippen LogP contribution in [0.25, 0.3) is 11.3 Å². The van der Waals surface area contributed by atoms with Crippen LogP contribution in [0.3, 0.4) is 0 Å². The van der Waals surface area contributed by atoms with Gasteiger partial charge in [-0.1, -0.05) is 24.3 Å². The molecule has 0 aliphatic carbocycles. The number of hydrogen-bond donors (Lipinski definition) is 1. The fourth-order valence-corrected chi connectivity index (χ4v) is 2.90. The maximum atomic E-state index is 12.3. The maximum Gasteiger partial charge on any atom is 0.261 e. The zero-order valence-corrected chi connectivity index (χ0v) is 13.3. The van der Waals surface area contributed by atoms with E-state index in [-0.39, 0.29) is 11.8 Å². The molecule has 124 valence electrons. The molecule has 6 heteroatoms. The smallest absolute Gasteiger partial charge is 0.261 e. The first-order chi connectivity index (χ1) is 12.2. The van der Waals surface area contributed by atoms with Gasteiger partial charge in [0, 0.05) is 24.3 Å². The average molecular weight is 333 g/mol. The van der Waals surface area contributed by atoms with Crippen molar-refractivity contribution >= 4 is 17.5 Å². The molecule has 0 spiro atoms. The lowest BCUT2D eigenvalue weighted by atomic mass is 10.1. The van der Waals surface area contributed by atoms with Crippen LogP contribution in [0.2, 0.25) is 0 Å². The number of carbonyl (C=O) groups is 2. The van der Waals surface area contributed by atoms with Gasteiger partial charge in [0.05, 0.1) is 17.3 Å². The Morgan fingerprint density at radius 2 is 1.76 bits per heavy atom. The number of aromatic nitrogens is 1. The molecule has 1 N–H and O–H groups in total. The highest BCUT2D eigenvalue weighted by Gasteiger charge is 2.34. The largest absolute Gasteiger partial charge is 0.444 e. The van der Waals surface area contributed by atoms with E-state index in [1.165, 1.54) is 11.3 Å². The Morgan fingerprint density at radius 3 is 2.44 bits per heavy atom. The summed E-state index contributed by atoms with van der Waals surface area (Å²) < 4.78 is 5.29. The fraction of sp³-hybridized carbons (Fsp3) is 0.105. The Bertz CT molecular complexity index is 900. The van der Waals surface area contributed by atoms with Crippen molar-refractivity contribution in [2.24, 2.45) is 0 Å². The summed E-state index contributed by atoms with van der Waals surface area (Å²) in [5.74, 6) is 0.208. The molecule has 1 aromatic heterocycles. The highest BCUT2D eigenvalue weighted by molar-refractivity contribution is 6.21. The first-order valence-electron chi connectivity index (χ1n) is 7.92. The van der Waals surface area contributed by atoms with Gasteiger partial charge in [0.25, 0.3) is 11.8 Å². The lowest BCUT2D eigenvalue weighted by Gasteiger charge is -2.15. The van der Waals surface area contributed by atoms with Crippen molar-refractivity contribution in [3.63, 3.8) is 0 Å². The summed E-state index contributed by atoms with van der Waals surface area (Å²) in [5.41, 5.74) is 2.73. The number of benzene rings is 2. The summed E-state index contributed by atoms with van der Waals surface area (Å²) in [6.45, 7) is 0.768. The normalized spacial score (nSPS) is 13.2. The van der Waals surface area contributed by atoms with Crippen LogP contribution >= 0.6 is 0 Å². The highest BCUT2D eigenvalue weighted by atomic mass is 16.3. The summed E-state index contributed by atoms with van der Waals surface area (Å²) in [6, 6.07) is 14.6. The number of fused-ring (bicyclic) bond motifs is 1. The SMILES string of the molecule is O=C1c2ccccc2C(=O)N1CCNc1cccc(-c2cnco2)c1. The van der Waals surface area contributed by atoms with E-state index in [4.69, 9.17) is 4.42 Å². The van der Waals surface area contributed by atoms with Crippen molar-refractivity contribution in [2.45, 2.75) is 0 Å². The molecule has 0 saturated carbocycles. The fourth-order valence-electron chi connectivity index (χ4n) is 2.90.